The summed E-state index contributed by atoms with van der Waals surface area (Å²) in [5.41, 5.74) is -0.516. The minimum Gasteiger partial charge on any atom is -0.492 e. The van der Waals surface area contributed by atoms with Gasteiger partial charge in [0.2, 0.25) is 0 Å². The number of halogens is 1. The average molecular weight is 400 g/mol. The number of hydrogen-bond acceptors (Lipinski definition) is 4. The number of nitrogens with one attached hydrogen (secondary N) is 2. The first-order chi connectivity index (χ1) is 13.5. The van der Waals surface area contributed by atoms with Gasteiger partial charge >= 0.3 is 5.69 Å². The quantitative estimate of drug-likeness (QED) is 0.666. The highest BCUT2D eigenvalue weighted by Gasteiger charge is 2.17. The Morgan fingerprint density at radius 2 is 1.86 bits per heavy atom. The van der Waals surface area contributed by atoms with Gasteiger partial charge in [0.05, 0.1) is 18.8 Å². The topological polar surface area (TPSA) is 93.2 Å². The molecule has 0 aliphatic carbocycles. The second-order valence-corrected chi connectivity index (χ2v) is 6.28. The highest BCUT2D eigenvalue weighted by Crippen LogP contribution is 2.24. The lowest BCUT2D eigenvalue weighted by atomic mass is 10.2. The van der Waals surface area contributed by atoms with Crippen LogP contribution in [0.15, 0.2) is 64.3 Å². The number of aromatic amines is 1. The summed E-state index contributed by atoms with van der Waals surface area (Å²) in [6.07, 6.45) is 1.10. The number of rotatable bonds is 6. The third-order valence-electron chi connectivity index (χ3n) is 4.03. The first-order valence-corrected chi connectivity index (χ1v) is 8.98. The molecule has 1 heterocycles. The highest BCUT2D eigenvalue weighted by molar-refractivity contribution is 6.31. The summed E-state index contributed by atoms with van der Waals surface area (Å²) in [7, 11) is 0. The second kappa shape index (κ2) is 8.58. The van der Waals surface area contributed by atoms with E-state index >= 15 is 0 Å². The molecule has 0 atom stereocenters. The highest BCUT2D eigenvalue weighted by atomic mass is 35.5. The molecular formula is C20H18ClN3O4. The molecule has 0 spiro atoms. The Morgan fingerprint density at radius 1 is 1.14 bits per heavy atom. The number of aromatic nitrogens is 2. The molecule has 0 aliphatic heterocycles. The fourth-order valence-electron chi connectivity index (χ4n) is 2.66. The molecule has 3 aromatic rings. The Balaban J connectivity index is 1.93. The van der Waals surface area contributed by atoms with E-state index in [1.807, 2.05) is 6.92 Å². The van der Waals surface area contributed by atoms with Crippen molar-refractivity contribution >= 4 is 23.2 Å². The molecule has 0 radical (unpaired) electrons. The van der Waals surface area contributed by atoms with E-state index in [1.165, 1.54) is 0 Å². The lowest BCUT2D eigenvalue weighted by molar-refractivity contribution is 0.102. The minimum atomic E-state index is -0.713. The van der Waals surface area contributed by atoms with E-state index in [-0.39, 0.29) is 12.1 Å². The molecular weight excluding hydrogens is 382 g/mol. The fraction of sp³-hybridized carbons (Fsp3) is 0.150. The van der Waals surface area contributed by atoms with Crippen LogP contribution in [-0.4, -0.2) is 22.1 Å². The van der Waals surface area contributed by atoms with Gasteiger partial charge in [0, 0.05) is 11.2 Å². The summed E-state index contributed by atoms with van der Waals surface area (Å²) >= 11 is 6.11. The van der Waals surface area contributed by atoms with E-state index in [4.69, 9.17) is 16.3 Å². The van der Waals surface area contributed by atoms with Gasteiger partial charge in [0.25, 0.3) is 11.5 Å². The fourth-order valence-corrected chi connectivity index (χ4v) is 2.85. The largest absolute Gasteiger partial charge is 0.492 e. The molecule has 0 saturated carbocycles. The molecule has 2 N–H and O–H groups in total. The van der Waals surface area contributed by atoms with Gasteiger partial charge in [-0.05, 0) is 30.7 Å². The third kappa shape index (κ3) is 4.15. The lowest BCUT2D eigenvalue weighted by Gasteiger charge is -2.12. The van der Waals surface area contributed by atoms with Crippen LogP contribution in [-0.2, 0) is 6.54 Å². The van der Waals surface area contributed by atoms with Gasteiger partial charge in [-0.25, -0.2) is 4.79 Å². The summed E-state index contributed by atoms with van der Waals surface area (Å²) < 4.78 is 6.40. The number of benzene rings is 2. The van der Waals surface area contributed by atoms with Crippen LogP contribution in [0.25, 0.3) is 0 Å². The van der Waals surface area contributed by atoms with Gasteiger partial charge in [0.15, 0.2) is 0 Å². The predicted molar refractivity (Wildman–Crippen MR) is 107 cm³/mol. The van der Waals surface area contributed by atoms with E-state index in [2.05, 4.69) is 10.3 Å². The van der Waals surface area contributed by atoms with E-state index < -0.39 is 17.2 Å². The van der Waals surface area contributed by atoms with Crippen LogP contribution in [0.5, 0.6) is 5.75 Å². The molecule has 1 amide bonds. The van der Waals surface area contributed by atoms with Crippen LogP contribution in [0.3, 0.4) is 0 Å². The van der Waals surface area contributed by atoms with Crippen LogP contribution in [0.2, 0.25) is 5.02 Å². The van der Waals surface area contributed by atoms with E-state index in [0.29, 0.717) is 28.6 Å². The van der Waals surface area contributed by atoms with Gasteiger partial charge in [-0.1, -0.05) is 41.9 Å². The van der Waals surface area contributed by atoms with E-state index in [1.54, 1.807) is 48.5 Å². The Hall–Kier alpha value is -3.32. The predicted octanol–water partition coefficient (Wildman–Crippen LogP) is 2.89. The first-order valence-electron chi connectivity index (χ1n) is 8.60. The number of amides is 1. The van der Waals surface area contributed by atoms with Crippen molar-refractivity contribution in [3.8, 4) is 5.75 Å². The lowest BCUT2D eigenvalue weighted by Crippen LogP contribution is -2.39. The Morgan fingerprint density at radius 3 is 2.61 bits per heavy atom. The molecule has 1 aromatic heterocycles. The van der Waals surface area contributed by atoms with Crippen molar-refractivity contribution in [2.24, 2.45) is 0 Å². The van der Waals surface area contributed by atoms with E-state index in [9.17, 15) is 14.4 Å². The zero-order chi connectivity index (χ0) is 20.1. The van der Waals surface area contributed by atoms with Gasteiger partial charge in [0.1, 0.15) is 11.3 Å². The maximum atomic E-state index is 12.8. The molecule has 0 bridgehead atoms. The van der Waals surface area contributed by atoms with Crippen LogP contribution in [0, 0.1) is 0 Å². The molecule has 0 unspecified atom stereocenters. The maximum absolute atomic E-state index is 12.8. The number of H-pyrrole nitrogens is 1. The van der Waals surface area contributed by atoms with Crippen molar-refractivity contribution in [2.45, 2.75) is 13.5 Å². The molecule has 144 valence electrons. The van der Waals surface area contributed by atoms with Crippen molar-refractivity contribution in [1.82, 2.24) is 9.55 Å². The van der Waals surface area contributed by atoms with E-state index in [0.717, 1.165) is 10.8 Å². The molecule has 0 aliphatic rings. The Kier molecular flexibility index (Phi) is 5.96. The SMILES string of the molecule is CCOc1ccccc1NC(=O)c1c[nH]c(=O)n(Cc2ccccc2Cl)c1=O. The zero-order valence-electron chi connectivity index (χ0n) is 15.1. The number of anilines is 1. The molecule has 28 heavy (non-hydrogen) atoms. The summed E-state index contributed by atoms with van der Waals surface area (Å²) in [6, 6.07) is 13.8. The van der Waals surface area contributed by atoms with Crippen molar-refractivity contribution in [1.29, 1.82) is 0 Å². The second-order valence-electron chi connectivity index (χ2n) is 5.87. The van der Waals surface area contributed by atoms with Crippen LogP contribution >= 0.6 is 11.6 Å². The molecule has 2 aromatic carbocycles. The normalized spacial score (nSPS) is 10.5. The molecule has 3 rings (SSSR count). The molecule has 0 fully saturated rings. The molecule has 8 heteroatoms. The maximum Gasteiger partial charge on any atom is 0.328 e. The summed E-state index contributed by atoms with van der Waals surface area (Å²) in [5, 5.41) is 3.07. The Labute approximate surface area is 165 Å². The summed E-state index contributed by atoms with van der Waals surface area (Å²) in [4.78, 5) is 40.0. The zero-order valence-corrected chi connectivity index (χ0v) is 15.8. The number of nitrogens with zero attached hydrogens (tertiary/aromatic N) is 1. The van der Waals surface area contributed by atoms with Gasteiger partial charge in [-0.15, -0.1) is 0 Å². The van der Waals surface area contributed by atoms with Crippen LogP contribution in [0.1, 0.15) is 22.8 Å². The number of hydrogen-bond donors (Lipinski definition) is 2. The molecule has 0 saturated heterocycles. The molecule has 7 nitrogen and oxygen atoms in total. The van der Waals surface area contributed by atoms with Gasteiger partial charge in [-0.3, -0.25) is 14.2 Å². The average Bonchev–Trinajstić information content (AvgIpc) is 2.68. The van der Waals surface area contributed by atoms with Gasteiger partial charge < -0.3 is 15.0 Å². The van der Waals surface area contributed by atoms with Crippen molar-refractivity contribution in [2.75, 3.05) is 11.9 Å². The minimum absolute atomic E-state index is 0.0511. The number of ether oxygens (including phenoxy) is 1. The van der Waals surface area contributed by atoms with Crippen molar-refractivity contribution in [3.05, 3.63) is 91.7 Å². The number of para-hydroxylation sites is 2. The smallest absolute Gasteiger partial charge is 0.328 e. The standard InChI is InChI=1S/C20H18ClN3O4/c1-2-28-17-10-6-5-9-16(17)23-18(25)14-11-22-20(27)24(19(14)26)12-13-7-3-4-8-15(13)21/h3-11H,2,12H2,1H3,(H,22,27)(H,23,25). The van der Waals surface area contributed by atoms with Crippen LogP contribution < -0.4 is 21.3 Å². The van der Waals surface area contributed by atoms with Gasteiger partial charge in [-0.2, -0.15) is 0 Å². The third-order valence-corrected chi connectivity index (χ3v) is 4.40. The number of carbonyl (C=O) groups excluding carboxylic acids is 1. The Bertz CT molecular complexity index is 1120. The summed E-state index contributed by atoms with van der Waals surface area (Å²) in [5.74, 6) is -0.166. The van der Waals surface area contributed by atoms with Crippen molar-refractivity contribution < 1.29 is 9.53 Å². The van der Waals surface area contributed by atoms with Crippen molar-refractivity contribution in [3.63, 3.8) is 0 Å². The summed E-state index contributed by atoms with van der Waals surface area (Å²) in [6.45, 7) is 2.20. The first kappa shape index (κ1) is 19.4. The number of carbonyl (C=O) groups is 1. The monoisotopic (exact) mass is 399 g/mol. The van der Waals surface area contributed by atoms with Crippen LogP contribution in [0.4, 0.5) is 5.69 Å².